The number of carbonyl (C=O) groups is 1. The van der Waals surface area contributed by atoms with Crippen molar-refractivity contribution in [2.45, 2.75) is 24.8 Å². The molecule has 2 amide bonds. The lowest BCUT2D eigenvalue weighted by Crippen LogP contribution is -2.34. The van der Waals surface area contributed by atoms with Crippen molar-refractivity contribution in [2.24, 2.45) is 5.14 Å². The Kier molecular flexibility index (Phi) is 4.73. The highest BCUT2D eigenvalue weighted by Gasteiger charge is 2.16. The second kappa shape index (κ2) is 5.89. The Labute approximate surface area is 112 Å². The molecule has 0 fully saturated rings. The van der Waals surface area contributed by atoms with Crippen molar-refractivity contribution < 1.29 is 17.9 Å². The molecule has 8 heteroatoms. The molecule has 7 nitrogen and oxygen atoms in total. The molecule has 0 spiro atoms. The van der Waals surface area contributed by atoms with E-state index in [1.165, 1.54) is 25.3 Å². The molecule has 106 valence electrons. The fraction of sp³-hybridized carbons (Fsp3) is 0.364. The van der Waals surface area contributed by atoms with Gasteiger partial charge in [-0.15, -0.1) is 0 Å². The van der Waals surface area contributed by atoms with Gasteiger partial charge in [0, 0.05) is 11.7 Å². The van der Waals surface area contributed by atoms with Gasteiger partial charge in [-0.3, -0.25) is 0 Å². The Morgan fingerprint density at radius 1 is 1.37 bits per heavy atom. The Morgan fingerprint density at radius 2 is 2.00 bits per heavy atom. The lowest BCUT2D eigenvalue weighted by atomic mass is 10.3. The zero-order valence-electron chi connectivity index (χ0n) is 10.9. The van der Waals surface area contributed by atoms with Crippen molar-refractivity contribution >= 4 is 21.7 Å². The molecule has 0 unspecified atom stereocenters. The summed E-state index contributed by atoms with van der Waals surface area (Å²) in [6, 6.07) is 3.73. The summed E-state index contributed by atoms with van der Waals surface area (Å²) in [7, 11) is -2.59. The van der Waals surface area contributed by atoms with Crippen molar-refractivity contribution in [3.8, 4) is 5.75 Å². The Bertz CT molecular complexity index is 569. The number of ether oxygens (including phenoxy) is 1. The maximum absolute atomic E-state index is 11.5. The molecule has 0 aliphatic heterocycles. The molecule has 1 aromatic carbocycles. The average molecular weight is 287 g/mol. The lowest BCUT2D eigenvalue weighted by molar-refractivity contribution is 0.250. The average Bonchev–Trinajstić information content (AvgIpc) is 2.26. The van der Waals surface area contributed by atoms with Crippen molar-refractivity contribution in [2.75, 3.05) is 12.4 Å². The quantitative estimate of drug-likeness (QED) is 0.763. The van der Waals surface area contributed by atoms with Crippen LogP contribution in [-0.4, -0.2) is 27.6 Å². The number of nitrogens with two attached hydrogens (primary N) is 1. The van der Waals surface area contributed by atoms with Gasteiger partial charge in [0.1, 0.15) is 10.6 Å². The van der Waals surface area contributed by atoms with Crippen LogP contribution in [-0.2, 0) is 10.0 Å². The third-order valence-corrected chi connectivity index (χ3v) is 3.08. The van der Waals surface area contributed by atoms with E-state index in [4.69, 9.17) is 9.88 Å². The fourth-order valence-electron chi connectivity index (χ4n) is 1.41. The number of benzene rings is 1. The number of nitrogens with one attached hydrogen (secondary N) is 2. The van der Waals surface area contributed by atoms with Crippen LogP contribution < -0.4 is 20.5 Å². The van der Waals surface area contributed by atoms with Gasteiger partial charge in [0.2, 0.25) is 10.0 Å². The Morgan fingerprint density at radius 3 is 2.47 bits per heavy atom. The number of anilines is 1. The SMILES string of the molecule is COc1ccc(NC(=O)NC(C)C)cc1S(N)(=O)=O. The molecular weight excluding hydrogens is 270 g/mol. The summed E-state index contributed by atoms with van der Waals surface area (Å²) >= 11 is 0. The van der Waals surface area contributed by atoms with Gasteiger partial charge in [-0.25, -0.2) is 18.4 Å². The summed E-state index contributed by atoms with van der Waals surface area (Å²) < 4.78 is 27.7. The molecule has 4 N–H and O–H groups in total. The fourth-order valence-corrected chi connectivity index (χ4v) is 2.13. The number of amides is 2. The minimum atomic E-state index is -3.92. The summed E-state index contributed by atoms with van der Waals surface area (Å²) in [4.78, 5) is 11.3. The highest BCUT2D eigenvalue weighted by atomic mass is 32.2. The van der Waals surface area contributed by atoms with Crippen molar-refractivity contribution in [1.82, 2.24) is 5.32 Å². The van der Waals surface area contributed by atoms with E-state index in [2.05, 4.69) is 10.6 Å². The van der Waals surface area contributed by atoms with E-state index in [-0.39, 0.29) is 16.7 Å². The number of hydrogen-bond donors (Lipinski definition) is 3. The summed E-state index contributed by atoms with van der Waals surface area (Å²) in [6.07, 6.45) is 0. The van der Waals surface area contributed by atoms with E-state index in [1.807, 2.05) is 13.8 Å². The second-order valence-corrected chi connectivity index (χ2v) is 5.69. The van der Waals surface area contributed by atoms with Crippen LogP contribution in [0, 0.1) is 0 Å². The van der Waals surface area contributed by atoms with E-state index in [1.54, 1.807) is 0 Å². The number of urea groups is 1. The minimum Gasteiger partial charge on any atom is -0.495 e. The molecule has 0 heterocycles. The number of hydrogen-bond acceptors (Lipinski definition) is 4. The second-order valence-electron chi connectivity index (χ2n) is 4.16. The minimum absolute atomic E-state index is 0.0315. The highest BCUT2D eigenvalue weighted by molar-refractivity contribution is 7.89. The van der Waals surface area contributed by atoms with E-state index in [0.29, 0.717) is 5.69 Å². The van der Waals surface area contributed by atoms with Crippen LogP contribution in [0.5, 0.6) is 5.75 Å². The Hall–Kier alpha value is -1.80. The largest absolute Gasteiger partial charge is 0.495 e. The van der Waals surface area contributed by atoms with Gasteiger partial charge in [0.25, 0.3) is 0 Å². The molecular formula is C11H17N3O4S. The van der Waals surface area contributed by atoms with Gasteiger partial charge in [-0.2, -0.15) is 0 Å². The van der Waals surface area contributed by atoms with Gasteiger partial charge < -0.3 is 15.4 Å². The Balaban J connectivity index is 3.03. The normalized spacial score (nSPS) is 11.2. The van der Waals surface area contributed by atoms with Gasteiger partial charge in [-0.05, 0) is 32.0 Å². The first-order valence-electron chi connectivity index (χ1n) is 5.52. The predicted molar refractivity (Wildman–Crippen MR) is 71.7 cm³/mol. The number of carbonyl (C=O) groups excluding carboxylic acids is 1. The molecule has 0 aliphatic carbocycles. The molecule has 0 aliphatic rings. The standard InChI is InChI=1S/C11H17N3O4S/c1-7(2)13-11(15)14-8-4-5-9(18-3)10(6-8)19(12,16)17/h4-7H,1-3H3,(H2,12,16,17)(H2,13,14,15). The first-order valence-corrected chi connectivity index (χ1v) is 7.07. The van der Waals surface area contributed by atoms with Crippen LogP contribution in [0.2, 0.25) is 0 Å². The molecule has 0 bridgehead atoms. The van der Waals surface area contributed by atoms with Crippen LogP contribution >= 0.6 is 0 Å². The van der Waals surface area contributed by atoms with Crippen LogP contribution in [0.25, 0.3) is 0 Å². The summed E-state index contributed by atoms with van der Waals surface area (Å²) in [6.45, 7) is 3.62. The molecule has 0 saturated heterocycles. The zero-order chi connectivity index (χ0) is 14.6. The molecule has 1 rings (SSSR count). The monoisotopic (exact) mass is 287 g/mol. The van der Waals surface area contributed by atoms with E-state index < -0.39 is 16.1 Å². The first-order chi connectivity index (χ1) is 8.74. The van der Waals surface area contributed by atoms with Crippen molar-refractivity contribution in [1.29, 1.82) is 0 Å². The zero-order valence-corrected chi connectivity index (χ0v) is 11.7. The topological polar surface area (TPSA) is 111 Å². The number of rotatable bonds is 4. The first kappa shape index (κ1) is 15.3. The highest BCUT2D eigenvalue weighted by Crippen LogP contribution is 2.25. The molecule has 1 aromatic rings. The van der Waals surface area contributed by atoms with Crippen LogP contribution in [0.3, 0.4) is 0 Å². The number of sulfonamides is 1. The molecule has 0 atom stereocenters. The third kappa shape index (κ3) is 4.42. The van der Waals surface area contributed by atoms with Crippen LogP contribution in [0.4, 0.5) is 10.5 Å². The lowest BCUT2D eigenvalue weighted by Gasteiger charge is -2.12. The van der Waals surface area contributed by atoms with E-state index in [0.717, 1.165) is 0 Å². The third-order valence-electron chi connectivity index (χ3n) is 2.15. The maximum atomic E-state index is 11.5. The summed E-state index contributed by atoms with van der Waals surface area (Å²) in [5.41, 5.74) is 0.308. The molecule has 0 aromatic heterocycles. The van der Waals surface area contributed by atoms with Crippen LogP contribution in [0.1, 0.15) is 13.8 Å². The number of methoxy groups -OCH3 is 1. The predicted octanol–water partition coefficient (Wildman–Crippen LogP) is 0.872. The molecule has 19 heavy (non-hydrogen) atoms. The number of primary sulfonamides is 1. The summed E-state index contributed by atoms with van der Waals surface area (Å²) in [5.74, 6) is 0.123. The van der Waals surface area contributed by atoms with Gasteiger partial charge >= 0.3 is 6.03 Å². The van der Waals surface area contributed by atoms with Gasteiger partial charge in [0.15, 0.2) is 0 Å². The molecule has 0 radical (unpaired) electrons. The van der Waals surface area contributed by atoms with E-state index in [9.17, 15) is 13.2 Å². The van der Waals surface area contributed by atoms with Gasteiger partial charge in [-0.1, -0.05) is 0 Å². The van der Waals surface area contributed by atoms with Crippen LogP contribution in [0.15, 0.2) is 23.1 Å². The van der Waals surface area contributed by atoms with E-state index >= 15 is 0 Å². The maximum Gasteiger partial charge on any atom is 0.319 e. The summed E-state index contributed by atoms with van der Waals surface area (Å²) in [5, 5.41) is 10.2. The molecule has 0 saturated carbocycles. The van der Waals surface area contributed by atoms with Gasteiger partial charge in [0.05, 0.1) is 7.11 Å². The van der Waals surface area contributed by atoms with Crippen molar-refractivity contribution in [3.05, 3.63) is 18.2 Å². The van der Waals surface area contributed by atoms with Crippen molar-refractivity contribution in [3.63, 3.8) is 0 Å². The smallest absolute Gasteiger partial charge is 0.319 e.